The third-order valence-corrected chi connectivity index (χ3v) is 5.01. The molecule has 1 aliphatic rings. The fourth-order valence-corrected chi connectivity index (χ4v) is 3.41. The Kier molecular flexibility index (Phi) is 5.68. The molecule has 2 aromatic carbocycles. The standard InChI is InChI=1S/C19H22N4O2S/c1-15(16-5-3-2-4-6-16)20-19(26)22-13-11-21(12-14-22)17-7-9-18(10-8-17)23(24)25/h2-10,15H,11-14H2,1H3,(H,20,26). The van der Waals surface area contributed by atoms with E-state index in [1.807, 2.05) is 30.3 Å². The number of nitro groups is 1. The second-order valence-electron chi connectivity index (χ2n) is 6.33. The van der Waals surface area contributed by atoms with Crippen LogP contribution in [0.5, 0.6) is 0 Å². The van der Waals surface area contributed by atoms with Crippen molar-refractivity contribution in [2.75, 3.05) is 31.1 Å². The minimum atomic E-state index is -0.375. The van der Waals surface area contributed by atoms with Gasteiger partial charge in [0.15, 0.2) is 5.11 Å². The van der Waals surface area contributed by atoms with E-state index in [2.05, 4.69) is 34.2 Å². The number of benzene rings is 2. The molecule has 1 fully saturated rings. The van der Waals surface area contributed by atoms with Crippen molar-refractivity contribution in [1.82, 2.24) is 10.2 Å². The number of piperazine rings is 1. The number of rotatable bonds is 4. The van der Waals surface area contributed by atoms with Crippen molar-refractivity contribution in [2.45, 2.75) is 13.0 Å². The van der Waals surface area contributed by atoms with Gasteiger partial charge in [-0.25, -0.2) is 0 Å². The van der Waals surface area contributed by atoms with Gasteiger partial charge in [-0.1, -0.05) is 30.3 Å². The third-order valence-electron chi connectivity index (χ3n) is 4.63. The fourth-order valence-electron chi connectivity index (χ4n) is 3.05. The minimum Gasteiger partial charge on any atom is -0.368 e. The summed E-state index contributed by atoms with van der Waals surface area (Å²) in [7, 11) is 0. The van der Waals surface area contributed by atoms with Gasteiger partial charge in [0.1, 0.15) is 0 Å². The Bertz CT molecular complexity index is 759. The van der Waals surface area contributed by atoms with Crippen LogP contribution < -0.4 is 10.2 Å². The maximum Gasteiger partial charge on any atom is 0.269 e. The van der Waals surface area contributed by atoms with Gasteiger partial charge in [-0.2, -0.15) is 0 Å². The molecule has 0 bridgehead atoms. The summed E-state index contributed by atoms with van der Waals surface area (Å²) in [5, 5.41) is 14.9. The van der Waals surface area contributed by atoms with Crippen LogP contribution in [0.25, 0.3) is 0 Å². The van der Waals surface area contributed by atoms with E-state index in [1.165, 1.54) is 5.56 Å². The summed E-state index contributed by atoms with van der Waals surface area (Å²) in [6, 6.07) is 17.1. The first-order chi connectivity index (χ1) is 12.5. The number of non-ortho nitro benzene ring substituents is 1. The topological polar surface area (TPSA) is 61.6 Å². The van der Waals surface area contributed by atoms with Crippen molar-refractivity contribution in [1.29, 1.82) is 0 Å². The van der Waals surface area contributed by atoms with E-state index in [0.717, 1.165) is 37.0 Å². The van der Waals surface area contributed by atoms with Gasteiger partial charge in [0.25, 0.3) is 5.69 Å². The summed E-state index contributed by atoms with van der Waals surface area (Å²) in [5.74, 6) is 0. The molecule has 7 heteroatoms. The van der Waals surface area contributed by atoms with Gasteiger partial charge in [-0.3, -0.25) is 10.1 Å². The summed E-state index contributed by atoms with van der Waals surface area (Å²) in [4.78, 5) is 14.8. The average Bonchev–Trinajstić information content (AvgIpc) is 2.69. The Labute approximate surface area is 158 Å². The average molecular weight is 370 g/mol. The molecule has 0 amide bonds. The molecular formula is C19H22N4O2S. The summed E-state index contributed by atoms with van der Waals surface area (Å²) >= 11 is 5.57. The fraction of sp³-hybridized carbons (Fsp3) is 0.316. The lowest BCUT2D eigenvalue weighted by Gasteiger charge is -2.38. The molecule has 6 nitrogen and oxygen atoms in total. The highest BCUT2D eigenvalue weighted by atomic mass is 32.1. The number of anilines is 1. The molecule has 0 aromatic heterocycles. The number of hydrogen-bond acceptors (Lipinski definition) is 4. The number of thiocarbonyl (C=S) groups is 1. The Morgan fingerprint density at radius 3 is 2.27 bits per heavy atom. The number of nitro benzene ring substituents is 1. The van der Waals surface area contributed by atoms with Crippen LogP contribution in [0.1, 0.15) is 18.5 Å². The van der Waals surface area contributed by atoms with E-state index >= 15 is 0 Å². The van der Waals surface area contributed by atoms with Crippen molar-refractivity contribution in [3.05, 3.63) is 70.3 Å². The predicted molar refractivity (Wildman–Crippen MR) is 107 cm³/mol. The second-order valence-corrected chi connectivity index (χ2v) is 6.72. The zero-order valence-electron chi connectivity index (χ0n) is 14.7. The first-order valence-electron chi connectivity index (χ1n) is 8.64. The molecule has 0 saturated carbocycles. The van der Waals surface area contributed by atoms with Crippen LogP contribution >= 0.6 is 12.2 Å². The Morgan fingerprint density at radius 2 is 1.69 bits per heavy atom. The maximum absolute atomic E-state index is 10.8. The van der Waals surface area contributed by atoms with Gasteiger partial charge in [0.05, 0.1) is 11.0 Å². The quantitative estimate of drug-likeness (QED) is 0.506. The first-order valence-corrected chi connectivity index (χ1v) is 9.05. The molecule has 0 spiro atoms. The van der Waals surface area contributed by atoms with Crippen LogP contribution in [0.3, 0.4) is 0 Å². The normalized spacial score (nSPS) is 15.4. The highest BCUT2D eigenvalue weighted by Gasteiger charge is 2.20. The van der Waals surface area contributed by atoms with Crippen LogP contribution in [0.4, 0.5) is 11.4 Å². The lowest BCUT2D eigenvalue weighted by atomic mass is 10.1. The molecule has 0 aliphatic carbocycles. The predicted octanol–water partition coefficient (Wildman–Crippen LogP) is 3.35. The maximum atomic E-state index is 10.8. The summed E-state index contributed by atoms with van der Waals surface area (Å²) < 4.78 is 0. The van der Waals surface area contributed by atoms with Crippen LogP contribution in [-0.4, -0.2) is 41.1 Å². The molecule has 3 rings (SSSR count). The van der Waals surface area contributed by atoms with Crippen LogP contribution in [0, 0.1) is 10.1 Å². The molecule has 1 atom stereocenters. The molecule has 1 unspecified atom stereocenters. The zero-order valence-corrected chi connectivity index (χ0v) is 15.5. The van der Waals surface area contributed by atoms with Crippen LogP contribution in [0.2, 0.25) is 0 Å². The lowest BCUT2D eigenvalue weighted by Crippen LogP contribution is -2.52. The second kappa shape index (κ2) is 8.14. The third kappa shape index (κ3) is 4.29. The summed E-state index contributed by atoms with van der Waals surface area (Å²) in [5.41, 5.74) is 2.33. The van der Waals surface area contributed by atoms with Crippen molar-refractivity contribution < 1.29 is 4.92 Å². The highest BCUT2D eigenvalue weighted by molar-refractivity contribution is 7.80. The van der Waals surface area contributed by atoms with Crippen molar-refractivity contribution in [3.8, 4) is 0 Å². The van der Waals surface area contributed by atoms with Crippen LogP contribution in [0.15, 0.2) is 54.6 Å². The minimum absolute atomic E-state index is 0.118. The van der Waals surface area contributed by atoms with E-state index in [0.29, 0.717) is 0 Å². The Hall–Kier alpha value is -2.67. The van der Waals surface area contributed by atoms with Gasteiger partial charge in [0.2, 0.25) is 0 Å². The molecule has 136 valence electrons. The van der Waals surface area contributed by atoms with E-state index in [-0.39, 0.29) is 16.7 Å². The molecule has 26 heavy (non-hydrogen) atoms. The SMILES string of the molecule is CC(NC(=S)N1CCN(c2ccc([N+](=O)[O-])cc2)CC1)c1ccccc1. The van der Waals surface area contributed by atoms with E-state index < -0.39 is 0 Å². The van der Waals surface area contributed by atoms with Gasteiger partial charge in [-0.05, 0) is 36.8 Å². The summed E-state index contributed by atoms with van der Waals surface area (Å²) in [6.45, 7) is 5.42. The smallest absolute Gasteiger partial charge is 0.269 e. The zero-order chi connectivity index (χ0) is 18.5. The molecule has 1 aliphatic heterocycles. The van der Waals surface area contributed by atoms with Gasteiger partial charge in [0, 0.05) is 44.0 Å². The summed E-state index contributed by atoms with van der Waals surface area (Å²) in [6.07, 6.45) is 0. The largest absolute Gasteiger partial charge is 0.368 e. The first kappa shape index (κ1) is 18.1. The van der Waals surface area contributed by atoms with Gasteiger partial charge >= 0.3 is 0 Å². The monoisotopic (exact) mass is 370 g/mol. The number of nitrogens with zero attached hydrogens (tertiary/aromatic N) is 3. The molecule has 0 radical (unpaired) electrons. The van der Waals surface area contributed by atoms with Crippen molar-refractivity contribution >= 4 is 28.7 Å². The molecular weight excluding hydrogens is 348 g/mol. The molecule has 1 saturated heterocycles. The highest BCUT2D eigenvalue weighted by Crippen LogP contribution is 2.21. The van der Waals surface area contributed by atoms with Gasteiger partial charge in [-0.15, -0.1) is 0 Å². The van der Waals surface area contributed by atoms with E-state index in [4.69, 9.17) is 12.2 Å². The Morgan fingerprint density at radius 1 is 1.08 bits per heavy atom. The molecule has 1 heterocycles. The van der Waals surface area contributed by atoms with E-state index in [1.54, 1.807) is 12.1 Å². The van der Waals surface area contributed by atoms with Crippen molar-refractivity contribution in [2.24, 2.45) is 0 Å². The molecule has 1 N–H and O–H groups in total. The van der Waals surface area contributed by atoms with Gasteiger partial charge < -0.3 is 15.1 Å². The van der Waals surface area contributed by atoms with E-state index in [9.17, 15) is 10.1 Å². The number of nitrogens with one attached hydrogen (secondary N) is 1. The lowest BCUT2D eigenvalue weighted by molar-refractivity contribution is -0.384. The Balaban J connectivity index is 1.53. The molecule has 2 aromatic rings. The number of hydrogen-bond donors (Lipinski definition) is 1. The van der Waals surface area contributed by atoms with Crippen LogP contribution in [-0.2, 0) is 0 Å². The van der Waals surface area contributed by atoms with Crippen molar-refractivity contribution in [3.63, 3.8) is 0 Å².